The maximum atomic E-state index is 12.0. The van der Waals surface area contributed by atoms with Crippen LogP contribution in [0.1, 0.15) is 6.42 Å². The van der Waals surface area contributed by atoms with Gasteiger partial charge in [0.2, 0.25) is 6.79 Å². The molecule has 1 aromatic rings. The Balaban J connectivity index is 1.94. The van der Waals surface area contributed by atoms with Gasteiger partial charge in [-0.1, -0.05) is 0 Å². The summed E-state index contributed by atoms with van der Waals surface area (Å²) in [6.07, 6.45) is 2.43. The van der Waals surface area contributed by atoms with Crippen LogP contribution in [-0.4, -0.2) is 44.0 Å². The number of benzene rings is 1. The third-order valence-corrected chi connectivity index (χ3v) is 3.68. The predicted molar refractivity (Wildman–Crippen MR) is 83.5 cm³/mol. The van der Waals surface area contributed by atoms with Crippen molar-refractivity contribution in [3.8, 4) is 11.5 Å². The number of ether oxygens (including phenoxy) is 3. The maximum absolute atomic E-state index is 12.0. The topological polar surface area (TPSA) is 85.9 Å². The molecule has 1 aromatic carbocycles. The van der Waals surface area contributed by atoms with Crippen molar-refractivity contribution in [2.45, 2.75) is 12.5 Å². The molecule has 0 saturated heterocycles. The first-order chi connectivity index (χ1) is 10.6. The van der Waals surface area contributed by atoms with Crippen molar-refractivity contribution >= 4 is 29.4 Å². The molecule has 1 aliphatic heterocycles. The highest BCUT2D eigenvalue weighted by Gasteiger charge is 2.21. The number of carbonyl (C=O) groups excluding carboxylic acids is 2. The molecule has 22 heavy (non-hydrogen) atoms. The minimum Gasteiger partial charge on any atom is -0.467 e. The van der Waals surface area contributed by atoms with Crippen LogP contribution < -0.4 is 20.1 Å². The lowest BCUT2D eigenvalue weighted by molar-refractivity contribution is -0.142. The number of carbonyl (C=O) groups is 2. The van der Waals surface area contributed by atoms with Crippen LogP contribution in [0.4, 0.5) is 10.5 Å². The molecule has 0 aliphatic carbocycles. The molecule has 2 N–H and O–H groups in total. The second kappa shape index (κ2) is 7.79. The summed E-state index contributed by atoms with van der Waals surface area (Å²) in [6, 6.07) is 3.92. The molecule has 0 bridgehead atoms. The van der Waals surface area contributed by atoms with Crippen LogP contribution in [0.5, 0.6) is 11.5 Å². The quantitative estimate of drug-likeness (QED) is 0.776. The van der Waals surface area contributed by atoms with Gasteiger partial charge in [0.25, 0.3) is 0 Å². The lowest BCUT2D eigenvalue weighted by Gasteiger charge is -2.16. The average molecular weight is 326 g/mol. The number of amides is 2. The number of urea groups is 1. The van der Waals surface area contributed by atoms with E-state index in [-0.39, 0.29) is 6.79 Å². The van der Waals surface area contributed by atoms with E-state index in [0.717, 1.165) is 5.75 Å². The summed E-state index contributed by atoms with van der Waals surface area (Å²) >= 11 is 1.59. The Morgan fingerprint density at radius 3 is 2.86 bits per heavy atom. The lowest BCUT2D eigenvalue weighted by Crippen LogP contribution is -2.44. The third-order valence-electron chi connectivity index (χ3n) is 3.03. The van der Waals surface area contributed by atoms with E-state index in [1.165, 1.54) is 7.11 Å². The Labute approximate surface area is 132 Å². The first kappa shape index (κ1) is 16.3. The zero-order chi connectivity index (χ0) is 15.9. The summed E-state index contributed by atoms with van der Waals surface area (Å²) in [7, 11) is 1.30. The molecule has 0 fully saturated rings. The monoisotopic (exact) mass is 326 g/mol. The van der Waals surface area contributed by atoms with E-state index < -0.39 is 18.0 Å². The number of hydrogen-bond acceptors (Lipinski definition) is 6. The third kappa shape index (κ3) is 4.20. The Morgan fingerprint density at radius 2 is 2.14 bits per heavy atom. The zero-order valence-corrected chi connectivity index (χ0v) is 13.2. The van der Waals surface area contributed by atoms with E-state index in [1.807, 2.05) is 6.26 Å². The highest BCUT2D eigenvalue weighted by atomic mass is 32.2. The van der Waals surface area contributed by atoms with E-state index >= 15 is 0 Å². The summed E-state index contributed by atoms with van der Waals surface area (Å²) in [5, 5.41) is 5.27. The molecule has 8 heteroatoms. The van der Waals surface area contributed by atoms with Crippen molar-refractivity contribution in [3.63, 3.8) is 0 Å². The van der Waals surface area contributed by atoms with Crippen molar-refractivity contribution < 1.29 is 23.8 Å². The Bertz CT molecular complexity index is 552. The van der Waals surface area contributed by atoms with Gasteiger partial charge in [0.1, 0.15) is 6.04 Å². The molecule has 1 heterocycles. The van der Waals surface area contributed by atoms with Crippen LogP contribution in [0, 0.1) is 0 Å². The molecule has 0 saturated carbocycles. The van der Waals surface area contributed by atoms with Gasteiger partial charge in [0.15, 0.2) is 11.5 Å². The van der Waals surface area contributed by atoms with Gasteiger partial charge >= 0.3 is 12.0 Å². The van der Waals surface area contributed by atoms with Crippen LogP contribution in [0.25, 0.3) is 0 Å². The second-order valence-corrected chi connectivity index (χ2v) is 5.51. The van der Waals surface area contributed by atoms with Crippen molar-refractivity contribution in [2.24, 2.45) is 0 Å². The number of thioether (sulfide) groups is 1. The minimum atomic E-state index is -0.675. The Hall–Kier alpha value is -2.09. The van der Waals surface area contributed by atoms with Gasteiger partial charge in [0, 0.05) is 11.8 Å². The number of fused-ring (bicyclic) bond motifs is 1. The highest BCUT2D eigenvalue weighted by molar-refractivity contribution is 7.98. The maximum Gasteiger partial charge on any atom is 0.328 e. The van der Waals surface area contributed by atoms with E-state index in [1.54, 1.807) is 30.0 Å². The van der Waals surface area contributed by atoms with Crippen LogP contribution >= 0.6 is 11.8 Å². The molecule has 2 rings (SSSR count). The molecular weight excluding hydrogens is 308 g/mol. The van der Waals surface area contributed by atoms with Crippen LogP contribution in [0.3, 0.4) is 0 Å². The van der Waals surface area contributed by atoms with Crippen LogP contribution in [0.15, 0.2) is 18.2 Å². The molecule has 2 amide bonds. The first-order valence-corrected chi connectivity index (χ1v) is 8.07. The summed E-state index contributed by atoms with van der Waals surface area (Å²) < 4.78 is 15.1. The Kier molecular flexibility index (Phi) is 5.76. The number of anilines is 1. The van der Waals surface area contributed by atoms with Gasteiger partial charge in [0.05, 0.1) is 7.11 Å². The smallest absolute Gasteiger partial charge is 0.328 e. The normalized spacial score (nSPS) is 13.4. The molecule has 7 nitrogen and oxygen atoms in total. The van der Waals surface area contributed by atoms with Crippen molar-refractivity contribution in [2.75, 3.05) is 31.2 Å². The second-order valence-electron chi connectivity index (χ2n) is 4.52. The highest BCUT2D eigenvalue weighted by Crippen LogP contribution is 2.34. The summed E-state index contributed by atoms with van der Waals surface area (Å²) in [6.45, 7) is 0.171. The predicted octanol–water partition coefficient (Wildman–Crippen LogP) is 1.83. The molecule has 0 unspecified atom stereocenters. The fourth-order valence-corrected chi connectivity index (χ4v) is 2.40. The van der Waals surface area contributed by atoms with Gasteiger partial charge in [-0.25, -0.2) is 9.59 Å². The van der Waals surface area contributed by atoms with Crippen molar-refractivity contribution in [1.82, 2.24) is 5.32 Å². The Morgan fingerprint density at radius 1 is 1.36 bits per heavy atom. The van der Waals surface area contributed by atoms with Crippen LogP contribution in [-0.2, 0) is 9.53 Å². The number of esters is 1. The van der Waals surface area contributed by atoms with Crippen molar-refractivity contribution in [1.29, 1.82) is 0 Å². The van der Waals surface area contributed by atoms with E-state index in [4.69, 9.17) is 14.2 Å². The van der Waals surface area contributed by atoms with E-state index in [9.17, 15) is 9.59 Å². The first-order valence-electron chi connectivity index (χ1n) is 6.68. The molecule has 0 spiro atoms. The molecule has 0 aromatic heterocycles. The molecule has 120 valence electrons. The number of hydrogen-bond donors (Lipinski definition) is 2. The summed E-state index contributed by atoms with van der Waals surface area (Å²) in [4.78, 5) is 23.6. The average Bonchev–Trinajstić information content (AvgIpc) is 2.98. The number of methoxy groups -OCH3 is 1. The molecule has 0 radical (unpaired) electrons. The summed E-state index contributed by atoms with van der Waals surface area (Å²) in [5.74, 6) is 1.49. The van der Waals surface area contributed by atoms with Gasteiger partial charge in [-0.3, -0.25) is 0 Å². The number of nitrogens with one attached hydrogen (secondary N) is 2. The van der Waals surface area contributed by atoms with Gasteiger partial charge < -0.3 is 24.8 Å². The number of rotatable bonds is 6. The van der Waals surface area contributed by atoms with Gasteiger partial charge in [-0.05, 0) is 30.6 Å². The summed E-state index contributed by atoms with van der Waals surface area (Å²) in [5.41, 5.74) is 0.551. The molecule has 1 aliphatic rings. The lowest BCUT2D eigenvalue weighted by atomic mass is 10.2. The zero-order valence-electron chi connectivity index (χ0n) is 12.4. The van der Waals surface area contributed by atoms with E-state index in [2.05, 4.69) is 10.6 Å². The van der Waals surface area contributed by atoms with Crippen molar-refractivity contribution in [3.05, 3.63) is 18.2 Å². The van der Waals surface area contributed by atoms with Crippen LogP contribution in [0.2, 0.25) is 0 Å². The van der Waals surface area contributed by atoms with Gasteiger partial charge in [-0.15, -0.1) is 0 Å². The molecular formula is C14H18N2O5S. The minimum absolute atomic E-state index is 0.171. The fourth-order valence-electron chi connectivity index (χ4n) is 1.93. The SMILES string of the molecule is COC(=O)[C@H](CCSC)NC(=O)Nc1ccc2c(c1)OCO2. The standard InChI is InChI=1S/C14H18N2O5S/c1-19-13(17)10(5-6-22-2)16-14(18)15-9-3-4-11-12(7-9)21-8-20-11/h3-4,7,10H,5-6,8H2,1-2H3,(H2,15,16,18)/t10-/m0/s1. The van der Waals surface area contributed by atoms with E-state index in [0.29, 0.717) is 23.6 Å². The fraction of sp³-hybridized carbons (Fsp3) is 0.429. The molecule has 1 atom stereocenters. The van der Waals surface area contributed by atoms with Gasteiger partial charge in [-0.2, -0.15) is 11.8 Å². The largest absolute Gasteiger partial charge is 0.467 e.